The quantitative estimate of drug-likeness (QED) is 0.699. The molecule has 1 aliphatic heterocycles. The van der Waals surface area contributed by atoms with Crippen molar-refractivity contribution >= 4 is 0 Å². The van der Waals surface area contributed by atoms with Gasteiger partial charge in [0.2, 0.25) is 0 Å². The summed E-state index contributed by atoms with van der Waals surface area (Å²) in [4.78, 5) is 0. The van der Waals surface area contributed by atoms with Crippen molar-refractivity contribution < 1.29 is 29.5 Å². The van der Waals surface area contributed by atoms with E-state index in [0.717, 1.165) is 0 Å². The number of hydrogen-bond donors (Lipinski definition) is 3. The van der Waals surface area contributed by atoms with E-state index >= 15 is 0 Å². The lowest BCUT2D eigenvalue weighted by molar-refractivity contribution is -0.334. The van der Waals surface area contributed by atoms with Gasteiger partial charge in [-0.2, -0.15) is 0 Å². The molecule has 1 aliphatic rings. The van der Waals surface area contributed by atoms with Crippen molar-refractivity contribution in [1.29, 1.82) is 0 Å². The molecule has 0 aromatic carbocycles. The van der Waals surface area contributed by atoms with Gasteiger partial charge in [0.15, 0.2) is 6.29 Å². The lowest BCUT2D eigenvalue weighted by Crippen LogP contribution is -2.62. The fourth-order valence-corrected chi connectivity index (χ4v) is 2.05. The number of aliphatic hydroxyl groups is 3. The molecule has 0 radical (unpaired) electrons. The summed E-state index contributed by atoms with van der Waals surface area (Å²) in [6, 6.07) is 0. The van der Waals surface area contributed by atoms with Gasteiger partial charge in [0.25, 0.3) is 0 Å². The second-order valence-electron chi connectivity index (χ2n) is 7.13. The maximum atomic E-state index is 10.2. The van der Waals surface area contributed by atoms with E-state index < -0.39 is 41.9 Å². The first-order valence-corrected chi connectivity index (χ1v) is 6.93. The third-order valence-electron chi connectivity index (χ3n) is 2.78. The third kappa shape index (κ3) is 4.95. The van der Waals surface area contributed by atoms with E-state index in [2.05, 4.69) is 0 Å². The molecule has 0 saturated carbocycles. The highest BCUT2D eigenvalue weighted by Crippen LogP contribution is 2.29. The first-order valence-electron chi connectivity index (χ1n) is 6.93. The Morgan fingerprint density at radius 1 is 0.900 bits per heavy atom. The molecule has 0 spiro atoms. The van der Waals surface area contributed by atoms with Crippen LogP contribution in [0, 0.1) is 0 Å². The van der Waals surface area contributed by atoms with Crippen LogP contribution < -0.4 is 0 Å². The van der Waals surface area contributed by atoms with Crippen LogP contribution in [0.4, 0.5) is 0 Å². The van der Waals surface area contributed by atoms with E-state index in [1.165, 1.54) is 0 Å². The summed E-state index contributed by atoms with van der Waals surface area (Å²) in [5, 5.41) is 29.8. The number of ether oxygens (including phenoxy) is 3. The molecule has 1 fully saturated rings. The monoisotopic (exact) mass is 292 g/mol. The summed E-state index contributed by atoms with van der Waals surface area (Å²) < 4.78 is 16.8. The van der Waals surface area contributed by atoms with Gasteiger partial charge >= 0.3 is 0 Å². The number of rotatable bonds is 3. The molecule has 0 aromatic heterocycles. The predicted octanol–water partition coefficient (Wildman–Crippen LogP) is 0.424. The Kier molecular flexibility index (Phi) is 5.57. The summed E-state index contributed by atoms with van der Waals surface area (Å²) in [5.74, 6) is 0. The van der Waals surface area contributed by atoms with E-state index in [9.17, 15) is 15.3 Å². The van der Waals surface area contributed by atoms with Crippen LogP contribution in [0.2, 0.25) is 0 Å². The first kappa shape index (κ1) is 17.8. The second-order valence-corrected chi connectivity index (χ2v) is 7.13. The summed E-state index contributed by atoms with van der Waals surface area (Å²) in [6.45, 7) is 10.6. The number of aliphatic hydroxyl groups excluding tert-OH is 3. The largest absolute Gasteiger partial charge is 0.394 e. The van der Waals surface area contributed by atoms with Gasteiger partial charge in [0.1, 0.15) is 24.4 Å². The lowest BCUT2D eigenvalue weighted by atomic mass is 9.97. The smallest absolute Gasteiger partial charge is 0.187 e. The van der Waals surface area contributed by atoms with Gasteiger partial charge in [-0.3, -0.25) is 0 Å². The number of hydrogen-bond acceptors (Lipinski definition) is 6. The molecule has 0 aliphatic carbocycles. The SMILES string of the molecule is CC(C)(C)OC1OC(CO)[C@H](OC(C)(C)C)C(O)[C@@H]1O. The minimum absolute atomic E-state index is 0.325. The topological polar surface area (TPSA) is 88.4 Å². The van der Waals surface area contributed by atoms with Crippen molar-refractivity contribution in [2.24, 2.45) is 0 Å². The normalized spacial score (nSPS) is 36.1. The second kappa shape index (κ2) is 6.25. The molecule has 0 aromatic rings. The van der Waals surface area contributed by atoms with E-state index in [4.69, 9.17) is 14.2 Å². The Balaban J connectivity index is 2.84. The standard InChI is InChI=1S/C14H28O6/c1-13(2,3)19-11-8(7-15)18-12(10(17)9(11)16)20-14(4,5)6/h8-12,15-17H,7H2,1-6H3/t8?,9?,10-,11-,12?/m0/s1. The molecule has 1 rings (SSSR count). The lowest BCUT2D eigenvalue weighted by Gasteiger charge is -2.45. The van der Waals surface area contributed by atoms with Gasteiger partial charge in [0, 0.05) is 0 Å². The molecule has 1 saturated heterocycles. The Morgan fingerprint density at radius 2 is 1.40 bits per heavy atom. The average Bonchev–Trinajstić information content (AvgIpc) is 2.25. The fourth-order valence-electron chi connectivity index (χ4n) is 2.05. The maximum absolute atomic E-state index is 10.2. The third-order valence-corrected chi connectivity index (χ3v) is 2.78. The summed E-state index contributed by atoms with van der Waals surface area (Å²) in [7, 11) is 0. The van der Waals surface area contributed by atoms with Crippen LogP contribution in [0.5, 0.6) is 0 Å². The maximum Gasteiger partial charge on any atom is 0.187 e. The Hall–Kier alpha value is -0.240. The van der Waals surface area contributed by atoms with Gasteiger partial charge in [-0.15, -0.1) is 0 Å². The van der Waals surface area contributed by atoms with E-state index in [0.29, 0.717) is 0 Å². The average molecular weight is 292 g/mol. The van der Waals surface area contributed by atoms with Crippen LogP contribution >= 0.6 is 0 Å². The zero-order valence-electron chi connectivity index (χ0n) is 13.2. The van der Waals surface area contributed by atoms with Crippen molar-refractivity contribution in [3.63, 3.8) is 0 Å². The van der Waals surface area contributed by atoms with Gasteiger partial charge in [-0.1, -0.05) is 0 Å². The molecule has 5 atom stereocenters. The Bertz CT molecular complexity index is 304. The minimum Gasteiger partial charge on any atom is -0.394 e. The highest BCUT2D eigenvalue weighted by molar-refractivity contribution is 4.92. The molecule has 6 nitrogen and oxygen atoms in total. The zero-order chi connectivity index (χ0) is 15.7. The molecule has 20 heavy (non-hydrogen) atoms. The summed E-state index contributed by atoms with van der Waals surface area (Å²) in [5.41, 5.74) is -1.07. The Labute approximate surface area is 120 Å². The van der Waals surface area contributed by atoms with E-state index in [1.54, 1.807) is 0 Å². The van der Waals surface area contributed by atoms with E-state index in [1.807, 2.05) is 41.5 Å². The van der Waals surface area contributed by atoms with Crippen molar-refractivity contribution in [2.75, 3.05) is 6.61 Å². The molecule has 0 amide bonds. The van der Waals surface area contributed by atoms with Crippen LogP contribution in [0.15, 0.2) is 0 Å². The van der Waals surface area contributed by atoms with Crippen LogP contribution in [-0.4, -0.2) is 63.8 Å². The summed E-state index contributed by atoms with van der Waals surface area (Å²) in [6.07, 6.45) is -4.98. The van der Waals surface area contributed by atoms with Crippen LogP contribution in [0.1, 0.15) is 41.5 Å². The Morgan fingerprint density at radius 3 is 1.80 bits per heavy atom. The first-order chi connectivity index (χ1) is 8.94. The predicted molar refractivity (Wildman–Crippen MR) is 73.2 cm³/mol. The van der Waals surface area contributed by atoms with Crippen molar-refractivity contribution in [2.45, 2.75) is 83.5 Å². The van der Waals surface area contributed by atoms with Crippen LogP contribution in [0.25, 0.3) is 0 Å². The molecule has 3 N–H and O–H groups in total. The fraction of sp³-hybridized carbons (Fsp3) is 1.00. The van der Waals surface area contributed by atoms with Gasteiger partial charge < -0.3 is 29.5 Å². The van der Waals surface area contributed by atoms with Gasteiger partial charge in [-0.05, 0) is 41.5 Å². The highest BCUT2D eigenvalue weighted by atomic mass is 16.7. The van der Waals surface area contributed by atoms with Gasteiger partial charge in [0.05, 0.1) is 17.8 Å². The van der Waals surface area contributed by atoms with Crippen LogP contribution in [-0.2, 0) is 14.2 Å². The molecule has 120 valence electrons. The van der Waals surface area contributed by atoms with Crippen molar-refractivity contribution in [1.82, 2.24) is 0 Å². The molecule has 3 unspecified atom stereocenters. The van der Waals surface area contributed by atoms with Gasteiger partial charge in [-0.25, -0.2) is 0 Å². The highest BCUT2D eigenvalue weighted by Gasteiger charge is 2.47. The summed E-state index contributed by atoms with van der Waals surface area (Å²) >= 11 is 0. The van der Waals surface area contributed by atoms with Crippen molar-refractivity contribution in [3.05, 3.63) is 0 Å². The van der Waals surface area contributed by atoms with Crippen LogP contribution in [0.3, 0.4) is 0 Å². The minimum atomic E-state index is -1.23. The molecular weight excluding hydrogens is 264 g/mol. The zero-order valence-corrected chi connectivity index (χ0v) is 13.2. The molecule has 0 bridgehead atoms. The van der Waals surface area contributed by atoms with E-state index in [-0.39, 0.29) is 6.61 Å². The molecular formula is C14H28O6. The molecule has 6 heteroatoms. The van der Waals surface area contributed by atoms with Crippen molar-refractivity contribution in [3.8, 4) is 0 Å². The molecule has 1 heterocycles.